The Morgan fingerprint density at radius 1 is 1.46 bits per heavy atom. The van der Waals surface area contributed by atoms with E-state index in [0.29, 0.717) is 19.0 Å². The third kappa shape index (κ3) is 1.49. The van der Waals surface area contributed by atoms with E-state index in [1.165, 1.54) is 0 Å². The summed E-state index contributed by atoms with van der Waals surface area (Å²) in [6.45, 7) is 3.28. The summed E-state index contributed by atoms with van der Waals surface area (Å²) in [5.74, 6) is 0.709. The summed E-state index contributed by atoms with van der Waals surface area (Å²) in [7, 11) is 0. The molecule has 0 aromatic carbocycles. The maximum absolute atomic E-state index is 9.75. The van der Waals surface area contributed by atoms with E-state index in [1.54, 1.807) is 18.5 Å². The first-order chi connectivity index (χ1) is 6.23. The molecule has 1 saturated heterocycles. The number of β-amino-alcohol motifs (C(OH)–C–C–N with tert-alkyl or cyclic N) is 1. The zero-order valence-corrected chi connectivity index (χ0v) is 7.64. The van der Waals surface area contributed by atoms with Crippen molar-refractivity contribution in [1.29, 1.82) is 0 Å². The lowest BCUT2D eigenvalue weighted by Gasteiger charge is -2.45. The Balaban J connectivity index is 2.01. The minimum Gasteiger partial charge on any atom is -0.386 e. The molecular weight excluding hydrogens is 166 g/mol. The number of hydrogen-bond acceptors (Lipinski definition) is 4. The van der Waals surface area contributed by atoms with Crippen LogP contribution in [0.25, 0.3) is 0 Å². The van der Waals surface area contributed by atoms with Gasteiger partial charge in [0, 0.05) is 12.4 Å². The van der Waals surface area contributed by atoms with Crippen molar-refractivity contribution in [3.63, 3.8) is 0 Å². The zero-order chi connectivity index (χ0) is 9.31. The monoisotopic (exact) mass is 179 g/mol. The Morgan fingerprint density at radius 3 is 2.62 bits per heavy atom. The zero-order valence-electron chi connectivity index (χ0n) is 7.64. The first kappa shape index (κ1) is 8.44. The Kier molecular flexibility index (Phi) is 1.92. The minimum absolute atomic E-state index is 0.515. The number of rotatable bonds is 2. The molecule has 0 aliphatic carbocycles. The van der Waals surface area contributed by atoms with Crippen LogP contribution in [-0.2, 0) is 0 Å². The van der Waals surface area contributed by atoms with Gasteiger partial charge < -0.3 is 10.0 Å². The molecule has 70 valence electrons. The van der Waals surface area contributed by atoms with Crippen molar-refractivity contribution < 1.29 is 5.11 Å². The topological polar surface area (TPSA) is 49.2 Å². The molecule has 0 spiro atoms. The molecule has 13 heavy (non-hydrogen) atoms. The maximum atomic E-state index is 9.75. The van der Waals surface area contributed by atoms with Crippen LogP contribution in [-0.4, -0.2) is 33.8 Å². The van der Waals surface area contributed by atoms with Gasteiger partial charge >= 0.3 is 0 Å². The molecule has 1 aromatic rings. The van der Waals surface area contributed by atoms with E-state index in [9.17, 15) is 5.11 Å². The lowest BCUT2D eigenvalue weighted by molar-refractivity contribution is 0.00756. The van der Waals surface area contributed by atoms with E-state index in [1.807, 2.05) is 11.8 Å². The normalized spacial score (nSPS) is 19.7. The molecular formula is C9H13N3O. The molecule has 1 N–H and O–H groups in total. The molecule has 2 rings (SSSR count). The quantitative estimate of drug-likeness (QED) is 0.715. The smallest absolute Gasteiger partial charge is 0.225 e. The van der Waals surface area contributed by atoms with Crippen LogP contribution >= 0.6 is 0 Å². The Morgan fingerprint density at radius 2 is 2.08 bits per heavy atom. The predicted molar refractivity (Wildman–Crippen MR) is 49.5 cm³/mol. The summed E-state index contributed by atoms with van der Waals surface area (Å²) in [5, 5.41) is 9.75. The lowest BCUT2D eigenvalue weighted by atomic mass is 9.92. The number of nitrogens with zero attached hydrogens (tertiary/aromatic N) is 3. The lowest BCUT2D eigenvalue weighted by Crippen LogP contribution is -2.62. The van der Waals surface area contributed by atoms with E-state index in [0.717, 1.165) is 6.42 Å². The maximum Gasteiger partial charge on any atom is 0.225 e. The van der Waals surface area contributed by atoms with Gasteiger partial charge in [0.25, 0.3) is 0 Å². The highest BCUT2D eigenvalue weighted by Crippen LogP contribution is 2.26. The van der Waals surface area contributed by atoms with Crippen molar-refractivity contribution in [1.82, 2.24) is 9.97 Å². The molecule has 0 radical (unpaired) electrons. The fourth-order valence-electron chi connectivity index (χ4n) is 1.48. The van der Waals surface area contributed by atoms with Crippen molar-refractivity contribution in [2.24, 2.45) is 0 Å². The van der Waals surface area contributed by atoms with Crippen LogP contribution in [0.5, 0.6) is 0 Å². The molecule has 4 heteroatoms. The van der Waals surface area contributed by atoms with Crippen molar-refractivity contribution in [2.45, 2.75) is 18.9 Å². The molecule has 0 atom stereocenters. The number of aliphatic hydroxyl groups is 1. The van der Waals surface area contributed by atoms with Crippen molar-refractivity contribution in [3.8, 4) is 0 Å². The summed E-state index contributed by atoms with van der Waals surface area (Å²) in [4.78, 5) is 10.2. The van der Waals surface area contributed by atoms with Crippen LogP contribution in [0.15, 0.2) is 18.5 Å². The Labute approximate surface area is 77.2 Å². The highest BCUT2D eigenvalue weighted by molar-refractivity contribution is 5.36. The predicted octanol–water partition coefficient (Wildman–Crippen LogP) is 0.438. The van der Waals surface area contributed by atoms with E-state index < -0.39 is 5.60 Å². The molecule has 0 unspecified atom stereocenters. The molecule has 0 saturated carbocycles. The van der Waals surface area contributed by atoms with Crippen molar-refractivity contribution in [3.05, 3.63) is 18.5 Å². The van der Waals surface area contributed by atoms with Gasteiger partial charge in [0.15, 0.2) is 0 Å². The largest absolute Gasteiger partial charge is 0.386 e. The summed E-state index contributed by atoms with van der Waals surface area (Å²) in [6.07, 6.45) is 4.22. The fraction of sp³-hybridized carbons (Fsp3) is 0.556. The fourth-order valence-corrected chi connectivity index (χ4v) is 1.48. The minimum atomic E-state index is -0.515. The van der Waals surface area contributed by atoms with Crippen molar-refractivity contribution in [2.75, 3.05) is 18.0 Å². The highest BCUT2D eigenvalue weighted by atomic mass is 16.3. The van der Waals surface area contributed by atoms with Gasteiger partial charge in [-0.2, -0.15) is 0 Å². The van der Waals surface area contributed by atoms with E-state index in [2.05, 4.69) is 9.97 Å². The van der Waals surface area contributed by atoms with Crippen LogP contribution in [0, 0.1) is 0 Å². The van der Waals surface area contributed by atoms with Gasteiger partial charge in [-0.1, -0.05) is 6.92 Å². The standard InChI is InChI=1S/C9H13N3O/c1-2-9(13)6-12(7-9)8-10-4-3-5-11-8/h3-5,13H,2,6-7H2,1H3. The van der Waals surface area contributed by atoms with Gasteiger partial charge in [0.2, 0.25) is 5.95 Å². The molecule has 0 bridgehead atoms. The summed E-state index contributed by atoms with van der Waals surface area (Å²) >= 11 is 0. The van der Waals surface area contributed by atoms with E-state index >= 15 is 0 Å². The molecule has 1 fully saturated rings. The second-order valence-electron chi connectivity index (χ2n) is 3.48. The van der Waals surface area contributed by atoms with Gasteiger partial charge in [0.1, 0.15) is 0 Å². The van der Waals surface area contributed by atoms with Crippen LogP contribution in [0.4, 0.5) is 5.95 Å². The van der Waals surface area contributed by atoms with Gasteiger partial charge in [0.05, 0.1) is 18.7 Å². The second-order valence-corrected chi connectivity index (χ2v) is 3.48. The Bertz CT molecular complexity index is 282. The summed E-state index contributed by atoms with van der Waals surface area (Å²) < 4.78 is 0. The third-order valence-electron chi connectivity index (χ3n) is 2.46. The van der Waals surface area contributed by atoms with Gasteiger partial charge in [-0.25, -0.2) is 9.97 Å². The molecule has 2 heterocycles. The average Bonchev–Trinajstić information content (AvgIpc) is 2.14. The molecule has 1 aliphatic heterocycles. The van der Waals surface area contributed by atoms with Crippen LogP contribution in [0.3, 0.4) is 0 Å². The second kappa shape index (κ2) is 2.96. The van der Waals surface area contributed by atoms with Crippen LogP contribution < -0.4 is 4.90 Å². The molecule has 0 amide bonds. The van der Waals surface area contributed by atoms with Gasteiger partial charge in [-0.05, 0) is 12.5 Å². The Hall–Kier alpha value is -1.16. The first-order valence-electron chi connectivity index (χ1n) is 4.48. The molecule has 1 aromatic heterocycles. The third-order valence-corrected chi connectivity index (χ3v) is 2.46. The SMILES string of the molecule is CCC1(O)CN(c2ncccn2)C1. The number of hydrogen-bond donors (Lipinski definition) is 1. The van der Waals surface area contributed by atoms with Gasteiger partial charge in [-0.15, -0.1) is 0 Å². The first-order valence-corrected chi connectivity index (χ1v) is 4.48. The van der Waals surface area contributed by atoms with Gasteiger partial charge in [-0.3, -0.25) is 0 Å². The molecule has 1 aliphatic rings. The van der Waals surface area contributed by atoms with Crippen LogP contribution in [0.2, 0.25) is 0 Å². The highest BCUT2D eigenvalue weighted by Gasteiger charge is 2.40. The summed E-state index contributed by atoms with van der Waals surface area (Å²) in [5.41, 5.74) is -0.515. The number of anilines is 1. The van der Waals surface area contributed by atoms with E-state index in [-0.39, 0.29) is 0 Å². The number of aromatic nitrogens is 2. The average molecular weight is 179 g/mol. The summed E-state index contributed by atoms with van der Waals surface area (Å²) in [6, 6.07) is 1.79. The van der Waals surface area contributed by atoms with E-state index in [4.69, 9.17) is 0 Å². The van der Waals surface area contributed by atoms with Crippen LogP contribution in [0.1, 0.15) is 13.3 Å². The molecule has 4 nitrogen and oxygen atoms in total. The van der Waals surface area contributed by atoms with Crippen molar-refractivity contribution >= 4 is 5.95 Å².